The van der Waals surface area contributed by atoms with Gasteiger partial charge in [0.25, 0.3) is 0 Å². The average molecular weight is 396 g/mol. The third-order valence-electron chi connectivity index (χ3n) is 4.06. The van der Waals surface area contributed by atoms with Gasteiger partial charge in [-0.3, -0.25) is 4.68 Å². The second-order valence-electron chi connectivity index (χ2n) is 6.42. The van der Waals surface area contributed by atoms with Gasteiger partial charge in [0, 0.05) is 30.2 Å². The van der Waals surface area contributed by atoms with Crippen molar-refractivity contribution in [2.75, 3.05) is 11.9 Å². The predicted molar refractivity (Wildman–Crippen MR) is 103 cm³/mol. The number of aromatic nitrogens is 5. The Morgan fingerprint density at radius 2 is 1.90 bits per heavy atom. The van der Waals surface area contributed by atoms with Crippen LogP contribution in [0.2, 0.25) is 0 Å². The van der Waals surface area contributed by atoms with Gasteiger partial charge in [0.05, 0.1) is 12.2 Å². The minimum atomic E-state index is -0.680. The molecule has 0 aliphatic rings. The van der Waals surface area contributed by atoms with Crippen LogP contribution in [0.1, 0.15) is 5.56 Å². The standard InChI is InChI=1S/C20H18F2N6O/c1-14-7-17(12-19(8-14)29-6-5-27-4-2-3-24-27)25-20-23-13-28(26-20)18-10-15(21)9-16(22)11-18/h2-4,7-13H,5-6H2,1H3,(H,25,26). The molecule has 0 spiro atoms. The lowest BCUT2D eigenvalue weighted by Crippen LogP contribution is -2.08. The van der Waals surface area contributed by atoms with Crippen molar-refractivity contribution in [1.29, 1.82) is 0 Å². The van der Waals surface area contributed by atoms with Crippen LogP contribution in [-0.2, 0) is 6.54 Å². The van der Waals surface area contributed by atoms with E-state index in [1.807, 2.05) is 37.4 Å². The highest BCUT2D eigenvalue weighted by Crippen LogP contribution is 2.23. The number of nitrogens with one attached hydrogen (secondary N) is 1. The van der Waals surface area contributed by atoms with Crippen LogP contribution in [0.3, 0.4) is 0 Å². The smallest absolute Gasteiger partial charge is 0.246 e. The number of aryl methyl sites for hydroxylation is 1. The highest BCUT2D eigenvalue weighted by atomic mass is 19.1. The summed E-state index contributed by atoms with van der Waals surface area (Å²) in [5, 5.41) is 11.4. The van der Waals surface area contributed by atoms with Gasteiger partial charge >= 0.3 is 0 Å². The SMILES string of the molecule is Cc1cc(Nc2ncn(-c3cc(F)cc(F)c3)n2)cc(OCCn2cccn2)c1. The zero-order valence-electron chi connectivity index (χ0n) is 15.6. The molecule has 0 aliphatic heterocycles. The van der Waals surface area contributed by atoms with Gasteiger partial charge in [-0.25, -0.2) is 13.5 Å². The normalized spacial score (nSPS) is 10.9. The molecule has 0 atom stereocenters. The Balaban J connectivity index is 1.45. The maximum absolute atomic E-state index is 13.4. The van der Waals surface area contributed by atoms with E-state index in [1.54, 1.807) is 10.9 Å². The molecule has 4 rings (SSSR count). The minimum Gasteiger partial charge on any atom is -0.492 e. The molecule has 2 heterocycles. The van der Waals surface area contributed by atoms with Crippen molar-refractivity contribution in [1.82, 2.24) is 24.5 Å². The van der Waals surface area contributed by atoms with Gasteiger partial charge in [-0.15, -0.1) is 5.10 Å². The average Bonchev–Trinajstić information content (AvgIpc) is 3.32. The Morgan fingerprint density at radius 1 is 1.07 bits per heavy atom. The summed E-state index contributed by atoms with van der Waals surface area (Å²) in [5.41, 5.74) is 1.98. The van der Waals surface area contributed by atoms with E-state index >= 15 is 0 Å². The van der Waals surface area contributed by atoms with Gasteiger partial charge in [0.1, 0.15) is 30.3 Å². The topological polar surface area (TPSA) is 69.8 Å². The van der Waals surface area contributed by atoms with Crippen LogP contribution in [0, 0.1) is 18.6 Å². The Bertz CT molecular complexity index is 1090. The molecular weight excluding hydrogens is 378 g/mol. The summed E-state index contributed by atoms with van der Waals surface area (Å²) in [6.07, 6.45) is 4.98. The molecule has 0 fully saturated rings. The summed E-state index contributed by atoms with van der Waals surface area (Å²) >= 11 is 0. The number of rotatable bonds is 7. The highest BCUT2D eigenvalue weighted by molar-refractivity contribution is 5.57. The molecule has 4 aromatic rings. The first-order valence-electron chi connectivity index (χ1n) is 8.92. The molecule has 7 nitrogen and oxygen atoms in total. The minimum absolute atomic E-state index is 0.245. The van der Waals surface area contributed by atoms with Crippen molar-refractivity contribution in [2.45, 2.75) is 13.5 Å². The van der Waals surface area contributed by atoms with Crippen LogP contribution in [-0.4, -0.2) is 31.2 Å². The van der Waals surface area contributed by atoms with E-state index in [9.17, 15) is 8.78 Å². The summed E-state index contributed by atoms with van der Waals surface area (Å²) in [7, 11) is 0. The number of halogens is 2. The Kier molecular flexibility index (Phi) is 5.19. The lowest BCUT2D eigenvalue weighted by atomic mass is 10.2. The molecule has 148 valence electrons. The summed E-state index contributed by atoms with van der Waals surface area (Å²) in [4.78, 5) is 4.15. The molecule has 0 radical (unpaired) electrons. The van der Waals surface area contributed by atoms with Crippen molar-refractivity contribution in [3.8, 4) is 11.4 Å². The lowest BCUT2D eigenvalue weighted by molar-refractivity contribution is 0.291. The van der Waals surface area contributed by atoms with E-state index in [0.717, 1.165) is 17.3 Å². The van der Waals surface area contributed by atoms with Crippen LogP contribution in [0.25, 0.3) is 5.69 Å². The Hall–Kier alpha value is -3.75. The second kappa shape index (κ2) is 8.09. The van der Waals surface area contributed by atoms with Gasteiger partial charge in [-0.2, -0.15) is 10.1 Å². The molecular formula is C20H18F2N6O. The summed E-state index contributed by atoms with van der Waals surface area (Å²) < 4.78 is 35.7. The van der Waals surface area contributed by atoms with E-state index < -0.39 is 11.6 Å². The monoisotopic (exact) mass is 396 g/mol. The summed E-state index contributed by atoms with van der Waals surface area (Å²) in [5.74, 6) is -0.366. The second-order valence-corrected chi connectivity index (χ2v) is 6.42. The van der Waals surface area contributed by atoms with Crippen molar-refractivity contribution in [2.24, 2.45) is 0 Å². The zero-order valence-corrected chi connectivity index (χ0v) is 15.6. The molecule has 9 heteroatoms. The van der Waals surface area contributed by atoms with E-state index in [4.69, 9.17) is 4.74 Å². The Morgan fingerprint density at radius 3 is 2.66 bits per heavy atom. The van der Waals surface area contributed by atoms with E-state index in [2.05, 4.69) is 20.5 Å². The first kappa shape index (κ1) is 18.6. The van der Waals surface area contributed by atoms with Crippen molar-refractivity contribution >= 4 is 11.6 Å². The maximum atomic E-state index is 13.4. The summed E-state index contributed by atoms with van der Waals surface area (Å²) in [6, 6.07) is 10.7. The van der Waals surface area contributed by atoms with Gasteiger partial charge in [0.2, 0.25) is 5.95 Å². The van der Waals surface area contributed by atoms with Crippen molar-refractivity contribution < 1.29 is 13.5 Å². The highest BCUT2D eigenvalue weighted by Gasteiger charge is 2.08. The molecule has 0 amide bonds. The largest absolute Gasteiger partial charge is 0.492 e. The molecule has 1 N–H and O–H groups in total. The molecule has 29 heavy (non-hydrogen) atoms. The van der Waals surface area contributed by atoms with Crippen LogP contribution in [0.15, 0.2) is 61.2 Å². The number of ether oxygens (including phenoxy) is 1. The van der Waals surface area contributed by atoms with Gasteiger partial charge < -0.3 is 10.1 Å². The molecule has 2 aromatic carbocycles. The molecule has 0 unspecified atom stereocenters. The number of hydrogen-bond donors (Lipinski definition) is 1. The van der Waals surface area contributed by atoms with E-state index in [1.165, 1.54) is 23.1 Å². The van der Waals surface area contributed by atoms with Crippen molar-refractivity contribution in [3.63, 3.8) is 0 Å². The predicted octanol–water partition coefficient (Wildman–Crippen LogP) is 3.87. The lowest BCUT2D eigenvalue weighted by Gasteiger charge is -2.10. The molecule has 0 aliphatic carbocycles. The first-order chi connectivity index (χ1) is 14.0. The van der Waals surface area contributed by atoms with Crippen LogP contribution >= 0.6 is 0 Å². The fraction of sp³-hybridized carbons (Fsp3) is 0.150. The number of hydrogen-bond acceptors (Lipinski definition) is 5. The fourth-order valence-corrected chi connectivity index (χ4v) is 2.84. The van der Waals surface area contributed by atoms with Crippen LogP contribution in [0.4, 0.5) is 20.4 Å². The summed E-state index contributed by atoms with van der Waals surface area (Å²) in [6.45, 7) is 3.07. The van der Waals surface area contributed by atoms with E-state index in [0.29, 0.717) is 24.8 Å². The van der Waals surface area contributed by atoms with Gasteiger partial charge in [-0.05, 0) is 42.8 Å². The van der Waals surface area contributed by atoms with Crippen LogP contribution < -0.4 is 10.1 Å². The molecule has 0 bridgehead atoms. The molecule has 0 saturated heterocycles. The quantitative estimate of drug-likeness (QED) is 0.514. The van der Waals surface area contributed by atoms with Gasteiger partial charge in [0.15, 0.2) is 0 Å². The molecule has 0 saturated carbocycles. The maximum Gasteiger partial charge on any atom is 0.246 e. The number of nitrogens with zero attached hydrogens (tertiary/aromatic N) is 5. The van der Waals surface area contributed by atoms with Crippen molar-refractivity contribution in [3.05, 3.63) is 78.4 Å². The van der Waals surface area contributed by atoms with Gasteiger partial charge in [-0.1, -0.05) is 0 Å². The fourth-order valence-electron chi connectivity index (χ4n) is 2.84. The van der Waals surface area contributed by atoms with Crippen LogP contribution in [0.5, 0.6) is 5.75 Å². The molecule has 2 aromatic heterocycles. The Labute approximate surface area is 165 Å². The number of anilines is 2. The third kappa shape index (κ3) is 4.75. The zero-order chi connectivity index (χ0) is 20.2. The van der Waals surface area contributed by atoms with E-state index in [-0.39, 0.29) is 5.69 Å². The third-order valence-corrected chi connectivity index (χ3v) is 4.06. The first-order valence-corrected chi connectivity index (χ1v) is 8.92. The number of benzene rings is 2.